The van der Waals surface area contributed by atoms with Crippen LogP contribution in [0.1, 0.15) is 16.8 Å². The van der Waals surface area contributed by atoms with Crippen LogP contribution in [0.2, 0.25) is 0 Å². The number of hydrogen-bond acceptors (Lipinski definition) is 5. The second-order valence-corrected chi connectivity index (χ2v) is 6.84. The number of amides is 1. The van der Waals surface area contributed by atoms with E-state index >= 15 is 0 Å². The molecule has 0 aliphatic carbocycles. The second kappa shape index (κ2) is 6.80. The first kappa shape index (κ1) is 16.5. The van der Waals surface area contributed by atoms with Gasteiger partial charge in [-0.05, 0) is 36.8 Å². The first-order valence-corrected chi connectivity index (χ1v) is 9.21. The van der Waals surface area contributed by atoms with Gasteiger partial charge in [-0.1, -0.05) is 0 Å². The van der Waals surface area contributed by atoms with Crippen LogP contribution >= 0.6 is 0 Å². The molecule has 8 nitrogen and oxygen atoms in total. The summed E-state index contributed by atoms with van der Waals surface area (Å²) >= 11 is 0. The normalized spacial score (nSPS) is 16.6. The number of H-pyrrole nitrogens is 1. The Kier molecular flexibility index (Phi) is 4.01. The van der Waals surface area contributed by atoms with Crippen LogP contribution in [0.15, 0.2) is 61.3 Å². The molecule has 1 atom stereocenters. The van der Waals surface area contributed by atoms with Crippen molar-refractivity contribution in [3.8, 4) is 11.4 Å². The number of hydrogen-bond donors (Lipinski definition) is 2. The van der Waals surface area contributed by atoms with Crippen LogP contribution in [0.25, 0.3) is 17.0 Å². The molecule has 1 fully saturated rings. The number of nitrogens with zero attached hydrogens (tertiary/aromatic N) is 5. The van der Waals surface area contributed by atoms with Crippen molar-refractivity contribution in [2.45, 2.75) is 12.5 Å². The number of nitrogens with one attached hydrogen (secondary N) is 2. The Bertz CT molecular complexity index is 1120. The third kappa shape index (κ3) is 3.09. The topological polar surface area (TPSA) is 91.2 Å². The van der Waals surface area contributed by atoms with Crippen molar-refractivity contribution in [3.63, 3.8) is 0 Å². The maximum absolute atomic E-state index is 12.6. The van der Waals surface area contributed by atoms with E-state index in [2.05, 4.69) is 30.2 Å². The Hall–Kier alpha value is -3.68. The molecule has 2 N–H and O–H groups in total. The third-order valence-electron chi connectivity index (χ3n) is 4.97. The van der Waals surface area contributed by atoms with Crippen molar-refractivity contribution in [2.24, 2.45) is 0 Å². The number of rotatable bonds is 4. The second-order valence-electron chi connectivity index (χ2n) is 6.84. The highest BCUT2D eigenvalue weighted by molar-refractivity contribution is 5.94. The molecule has 0 spiro atoms. The van der Waals surface area contributed by atoms with Gasteiger partial charge in [0, 0.05) is 50.1 Å². The molecule has 0 saturated carbocycles. The van der Waals surface area contributed by atoms with Crippen molar-refractivity contribution >= 4 is 17.5 Å². The number of pyridine rings is 1. The van der Waals surface area contributed by atoms with E-state index in [1.165, 1.54) is 0 Å². The van der Waals surface area contributed by atoms with E-state index in [1.54, 1.807) is 24.7 Å². The molecule has 4 aromatic heterocycles. The summed E-state index contributed by atoms with van der Waals surface area (Å²) in [6.07, 6.45) is 9.85. The molecule has 1 aliphatic rings. The van der Waals surface area contributed by atoms with Gasteiger partial charge in [-0.2, -0.15) is 0 Å². The van der Waals surface area contributed by atoms with E-state index in [1.807, 2.05) is 41.1 Å². The number of anilines is 1. The molecule has 5 heterocycles. The predicted molar refractivity (Wildman–Crippen MR) is 105 cm³/mol. The summed E-state index contributed by atoms with van der Waals surface area (Å²) in [4.78, 5) is 31.2. The summed E-state index contributed by atoms with van der Waals surface area (Å²) < 4.78 is 1.84. The van der Waals surface area contributed by atoms with E-state index in [0.29, 0.717) is 18.1 Å². The van der Waals surface area contributed by atoms with Gasteiger partial charge >= 0.3 is 0 Å². The smallest absolute Gasteiger partial charge is 0.253 e. The Morgan fingerprint density at radius 3 is 3.04 bits per heavy atom. The quantitative estimate of drug-likeness (QED) is 0.572. The number of aromatic nitrogens is 5. The molecular weight excluding hydrogens is 354 g/mol. The van der Waals surface area contributed by atoms with Crippen LogP contribution in [0, 0.1) is 0 Å². The largest absolute Gasteiger partial charge is 0.360 e. The summed E-state index contributed by atoms with van der Waals surface area (Å²) in [7, 11) is 0. The molecule has 0 bridgehead atoms. The number of carbonyl (C=O) groups excluding carboxylic acids is 1. The standard InChI is InChI=1S/C20H19N7O/c28-19(14-3-4-18-22-9-11-26(18)12-14)24-15-6-10-27(13-15)20-23-8-5-17(25-20)16-2-1-7-21-16/h1-5,7-9,11-12,15,21H,6,10,13H2,(H,24,28). The van der Waals surface area contributed by atoms with E-state index in [4.69, 9.17) is 0 Å². The fourth-order valence-corrected chi connectivity index (χ4v) is 3.52. The SMILES string of the molecule is O=C(NC1CCN(c2nccc(-c3ccc[nH]3)n2)C1)c1ccc2nccn2c1. The summed E-state index contributed by atoms with van der Waals surface area (Å²) in [5.74, 6) is 0.604. The molecule has 8 heteroatoms. The van der Waals surface area contributed by atoms with Gasteiger partial charge in [0.1, 0.15) is 5.65 Å². The first-order valence-electron chi connectivity index (χ1n) is 9.21. The minimum atomic E-state index is -0.0801. The lowest BCUT2D eigenvalue weighted by molar-refractivity contribution is 0.0940. The molecule has 28 heavy (non-hydrogen) atoms. The molecule has 0 aromatic carbocycles. The molecule has 140 valence electrons. The molecule has 1 aliphatic heterocycles. The third-order valence-corrected chi connectivity index (χ3v) is 4.97. The fraction of sp³-hybridized carbons (Fsp3) is 0.200. The highest BCUT2D eigenvalue weighted by Gasteiger charge is 2.26. The Balaban J connectivity index is 1.27. The van der Waals surface area contributed by atoms with Gasteiger partial charge in [-0.25, -0.2) is 15.0 Å². The molecule has 1 amide bonds. The Morgan fingerprint density at radius 2 is 2.14 bits per heavy atom. The zero-order valence-electron chi connectivity index (χ0n) is 15.1. The van der Waals surface area contributed by atoms with Gasteiger partial charge in [0.05, 0.1) is 17.0 Å². The van der Waals surface area contributed by atoms with Crippen LogP contribution < -0.4 is 10.2 Å². The maximum atomic E-state index is 12.6. The van der Waals surface area contributed by atoms with Gasteiger partial charge < -0.3 is 19.6 Å². The van der Waals surface area contributed by atoms with Crippen molar-refractivity contribution in [1.82, 2.24) is 29.7 Å². The fourth-order valence-electron chi connectivity index (χ4n) is 3.52. The zero-order chi connectivity index (χ0) is 18.9. The highest BCUT2D eigenvalue weighted by atomic mass is 16.1. The lowest BCUT2D eigenvalue weighted by Crippen LogP contribution is -2.37. The maximum Gasteiger partial charge on any atom is 0.253 e. The zero-order valence-corrected chi connectivity index (χ0v) is 15.1. The van der Waals surface area contributed by atoms with Crippen molar-refractivity contribution in [3.05, 3.63) is 66.9 Å². The van der Waals surface area contributed by atoms with Gasteiger partial charge in [-0.15, -0.1) is 0 Å². The molecule has 1 saturated heterocycles. The van der Waals surface area contributed by atoms with Crippen molar-refractivity contribution < 1.29 is 4.79 Å². The van der Waals surface area contributed by atoms with E-state index in [9.17, 15) is 4.79 Å². The van der Waals surface area contributed by atoms with Gasteiger partial charge in [0.25, 0.3) is 5.91 Å². The summed E-state index contributed by atoms with van der Waals surface area (Å²) in [6, 6.07) is 9.51. The summed E-state index contributed by atoms with van der Waals surface area (Å²) in [5, 5.41) is 3.12. The predicted octanol–water partition coefficient (Wildman–Crippen LogP) is 2.13. The molecule has 1 unspecified atom stereocenters. The van der Waals surface area contributed by atoms with Gasteiger partial charge in [-0.3, -0.25) is 4.79 Å². The van der Waals surface area contributed by atoms with E-state index < -0.39 is 0 Å². The minimum absolute atomic E-state index is 0.0590. The monoisotopic (exact) mass is 373 g/mol. The van der Waals surface area contributed by atoms with Crippen LogP contribution in [0.4, 0.5) is 5.95 Å². The van der Waals surface area contributed by atoms with E-state index in [0.717, 1.165) is 30.0 Å². The molecular formula is C20H19N7O. The molecule has 0 radical (unpaired) electrons. The summed E-state index contributed by atoms with van der Waals surface area (Å²) in [6.45, 7) is 1.49. The van der Waals surface area contributed by atoms with E-state index in [-0.39, 0.29) is 11.9 Å². The first-order chi connectivity index (χ1) is 13.8. The number of fused-ring (bicyclic) bond motifs is 1. The Labute approximate surface area is 161 Å². The molecule has 5 rings (SSSR count). The average molecular weight is 373 g/mol. The van der Waals surface area contributed by atoms with Crippen LogP contribution in [0.5, 0.6) is 0 Å². The number of carbonyl (C=O) groups is 1. The lowest BCUT2D eigenvalue weighted by Gasteiger charge is -2.17. The van der Waals surface area contributed by atoms with Crippen molar-refractivity contribution in [1.29, 1.82) is 0 Å². The number of imidazole rings is 1. The van der Waals surface area contributed by atoms with Crippen LogP contribution in [-0.2, 0) is 0 Å². The molecule has 4 aromatic rings. The average Bonchev–Trinajstić information content (AvgIpc) is 3.48. The summed E-state index contributed by atoms with van der Waals surface area (Å²) in [5.41, 5.74) is 3.26. The van der Waals surface area contributed by atoms with Crippen LogP contribution in [-0.4, -0.2) is 49.4 Å². The van der Waals surface area contributed by atoms with Gasteiger partial charge in [0.2, 0.25) is 5.95 Å². The number of aromatic amines is 1. The van der Waals surface area contributed by atoms with Crippen molar-refractivity contribution in [2.75, 3.05) is 18.0 Å². The van der Waals surface area contributed by atoms with Crippen LogP contribution in [0.3, 0.4) is 0 Å². The van der Waals surface area contributed by atoms with Gasteiger partial charge in [0.15, 0.2) is 0 Å². The Morgan fingerprint density at radius 1 is 1.18 bits per heavy atom. The lowest BCUT2D eigenvalue weighted by atomic mass is 10.2. The minimum Gasteiger partial charge on any atom is -0.360 e. The highest BCUT2D eigenvalue weighted by Crippen LogP contribution is 2.20.